The van der Waals surface area contributed by atoms with Crippen LogP contribution < -0.4 is 9.44 Å². The van der Waals surface area contributed by atoms with Crippen LogP contribution in [0.4, 0.5) is 0 Å². The molecule has 3 N–H and O–H groups in total. The Morgan fingerprint density at radius 3 is 2.60 bits per heavy atom. The highest BCUT2D eigenvalue weighted by atomic mass is 32.2. The fraction of sp³-hybridized carbons (Fsp3) is 0.625. The molecule has 1 aliphatic carbocycles. The van der Waals surface area contributed by atoms with Gasteiger partial charge in [0.2, 0.25) is 0 Å². The van der Waals surface area contributed by atoms with E-state index < -0.39 is 22.2 Å². The summed E-state index contributed by atoms with van der Waals surface area (Å²) < 4.78 is 26.9. The lowest BCUT2D eigenvalue weighted by Gasteiger charge is -2.12. The van der Waals surface area contributed by atoms with E-state index in [1.54, 1.807) is 0 Å². The number of hydrogen-bond acceptors (Lipinski definition) is 3. The maximum Gasteiger partial charge on any atom is 0.322 e. The minimum atomic E-state index is -3.76. The second kappa shape index (κ2) is 4.61. The molecule has 0 bridgehead atoms. The number of rotatable bonds is 6. The van der Waals surface area contributed by atoms with Crippen LogP contribution in [0.15, 0.2) is 0 Å². The van der Waals surface area contributed by atoms with Crippen LogP contribution >= 0.6 is 0 Å². The lowest BCUT2D eigenvalue weighted by atomic mass is 10.2. The first-order valence-electron chi connectivity index (χ1n) is 4.40. The summed E-state index contributed by atoms with van der Waals surface area (Å²) >= 11 is 0. The van der Waals surface area contributed by atoms with Gasteiger partial charge in [-0.2, -0.15) is 17.9 Å². The van der Waals surface area contributed by atoms with Gasteiger partial charge in [0.15, 0.2) is 0 Å². The van der Waals surface area contributed by atoms with Crippen molar-refractivity contribution >= 4 is 16.2 Å². The summed E-state index contributed by atoms with van der Waals surface area (Å²) in [5.74, 6) is 0.822. The van der Waals surface area contributed by atoms with Crippen molar-refractivity contribution in [2.45, 2.75) is 31.3 Å². The molecule has 1 unspecified atom stereocenters. The number of nitrogens with one attached hydrogen (secondary N) is 2. The maximum absolute atomic E-state index is 11.3. The van der Waals surface area contributed by atoms with Crippen LogP contribution in [0.2, 0.25) is 0 Å². The van der Waals surface area contributed by atoms with Crippen molar-refractivity contribution < 1.29 is 18.3 Å². The molecule has 0 aromatic heterocycles. The maximum atomic E-state index is 11.3. The third-order valence-electron chi connectivity index (χ3n) is 1.82. The number of aliphatic carboxylic acids is 1. The van der Waals surface area contributed by atoms with E-state index in [0.29, 0.717) is 0 Å². The van der Waals surface area contributed by atoms with Crippen molar-refractivity contribution in [1.29, 1.82) is 0 Å². The smallest absolute Gasteiger partial charge is 0.322 e. The number of carboxylic acids is 1. The summed E-state index contributed by atoms with van der Waals surface area (Å²) in [5.41, 5.74) is 0. The fourth-order valence-electron chi connectivity index (χ4n) is 0.939. The van der Waals surface area contributed by atoms with Gasteiger partial charge in [0, 0.05) is 12.5 Å². The lowest BCUT2D eigenvalue weighted by molar-refractivity contribution is -0.138. The Morgan fingerprint density at radius 2 is 2.20 bits per heavy atom. The van der Waals surface area contributed by atoms with Crippen LogP contribution in [-0.2, 0) is 15.0 Å². The van der Waals surface area contributed by atoms with Gasteiger partial charge in [-0.3, -0.25) is 4.79 Å². The first kappa shape index (κ1) is 12.0. The number of carbonyl (C=O) groups is 1. The molecule has 1 saturated carbocycles. The lowest BCUT2D eigenvalue weighted by Crippen LogP contribution is -2.46. The molecule has 1 fully saturated rings. The molecule has 0 amide bonds. The topological polar surface area (TPSA) is 95.5 Å². The Labute approximate surface area is 88.2 Å². The normalized spacial score (nSPS) is 18.1. The minimum absolute atomic E-state index is 0.0669. The molecule has 6 nitrogen and oxygen atoms in total. The molecule has 0 saturated heterocycles. The highest BCUT2D eigenvalue weighted by Gasteiger charge is 2.29. The Hall–Kier alpha value is -1.10. The van der Waals surface area contributed by atoms with Gasteiger partial charge in [0.1, 0.15) is 6.04 Å². The van der Waals surface area contributed by atoms with Gasteiger partial charge >= 0.3 is 5.97 Å². The Bertz CT molecular complexity index is 380. The summed E-state index contributed by atoms with van der Waals surface area (Å²) in [4.78, 5) is 10.6. The van der Waals surface area contributed by atoms with Crippen molar-refractivity contribution in [3.8, 4) is 12.3 Å². The van der Waals surface area contributed by atoms with Crippen LogP contribution in [0.25, 0.3) is 0 Å². The Morgan fingerprint density at radius 1 is 1.60 bits per heavy atom. The van der Waals surface area contributed by atoms with Gasteiger partial charge in [-0.1, -0.05) is 0 Å². The predicted molar refractivity (Wildman–Crippen MR) is 53.1 cm³/mol. The zero-order valence-electron chi connectivity index (χ0n) is 7.93. The summed E-state index contributed by atoms with van der Waals surface area (Å²) in [7, 11) is -3.76. The molecule has 1 aliphatic rings. The second-order valence-corrected chi connectivity index (χ2v) is 4.79. The molecular formula is C8H12N2O4S. The third-order valence-corrected chi connectivity index (χ3v) is 3.06. The van der Waals surface area contributed by atoms with E-state index in [-0.39, 0.29) is 12.5 Å². The Balaban J connectivity index is 2.55. The average molecular weight is 232 g/mol. The van der Waals surface area contributed by atoms with E-state index in [4.69, 9.17) is 11.5 Å². The first-order chi connectivity index (χ1) is 6.94. The summed E-state index contributed by atoms with van der Waals surface area (Å²) in [6, 6.07) is -1.34. The second-order valence-electron chi connectivity index (χ2n) is 3.31. The highest BCUT2D eigenvalue weighted by Crippen LogP contribution is 2.19. The van der Waals surface area contributed by atoms with E-state index in [2.05, 4.69) is 10.6 Å². The van der Waals surface area contributed by atoms with Crippen molar-refractivity contribution in [3.05, 3.63) is 0 Å². The highest BCUT2D eigenvalue weighted by molar-refractivity contribution is 7.87. The molecule has 0 aliphatic heterocycles. The number of hydrogen-bond donors (Lipinski definition) is 3. The fourth-order valence-corrected chi connectivity index (χ4v) is 2.24. The van der Waals surface area contributed by atoms with E-state index in [9.17, 15) is 13.2 Å². The first-order valence-corrected chi connectivity index (χ1v) is 5.89. The van der Waals surface area contributed by atoms with Gasteiger partial charge in [0.25, 0.3) is 10.2 Å². The van der Waals surface area contributed by atoms with Gasteiger partial charge < -0.3 is 5.11 Å². The molecule has 15 heavy (non-hydrogen) atoms. The molecule has 0 spiro atoms. The van der Waals surface area contributed by atoms with Gasteiger partial charge in [-0.05, 0) is 12.8 Å². The quantitative estimate of drug-likeness (QED) is 0.514. The average Bonchev–Trinajstić information content (AvgIpc) is 2.86. The van der Waals surface area contributed by atoms with E-state index in [1.165, 1.54) is 0 Å². The number of carboxylic acid groups (broad SMARTS) is 1. The van der Waals surface area contributed by atoms with Crippen LogP contribution in [-0.4, -0.2) is 31.6 Å². The van der Waals surface area contributed by atoms with E-state index in [0.717, 1.165) is 12.8 Å². The molecule has 0 heterocycles. The summed E-state index contributed by atoms with van der Waals surface area (Å²) in [5, 5.41) is 8.67. The molecule has 0 aromatic rings. The van der Waals surface area contributed by atoms with Crippen molar-refractivity contribution in [2.75, 3.05) is 0 Å². The third kappa shape index (κ3) is 4.29. The van der Waals surface area contributed by atoms with Gasteiger partial charge in [0.05, 0.1) is 0 Å². The van der Waals surface area contributed by atoms with Crippen LogP contribution in [0.5, 0.6) is 0 Å². The molecule has 7 heteroatoms. The summed E-state index contributed by atoms with van der Waals surface area (Å²) in [6.45, 7) is 0. The number of terminal acetylenes is 1. The molecule has 1 rings (SSSR count). The molecular weight excluding hydrogens is 220 g/mol. The predicted octanol–water partition coefficient (Wildman–Crippen LogP) is -0.951. The van der Waals surface area contributed by atoms with E-state index >= 15 is 0 Å². The van der Waals surface area contributed by atoms with Crippen molar-refractivity contribution in [2.24, 2.45) is 0 Å². The largest absolute Gasteiger partial charge is 0.480 e. The van der Waals surface area contributed by atoms with Crippen molar-refractivity contribution in [1.82, 2.24) is 9.44 Å². The standard InChI is InChI=1S/C8H12N2O4S/c1-2-3-7(8(11)12)10-15(13,14)9-6-4-5-6/h1,6-7,9-10H,3-5H2,(H,11,12). The molecule has 84 valence electrons. The molecule has 0 aromatic carbocycles. The zero-order valence-corrected chi connectivity index (χ0v) is 8.75. The SMILES string of the molecule is C#CCC(NS(=O)(=O)NC1CC1)C(=O)O. The van der Waals surface area contributed by atoms with Crippen LogP contribution in [0.3, 0.4) is 0 Å². The molecule has 1 atom stereocenters. The van der Waals surface area contributed by atoms with E-state index in [1.807, 2.05) is 4.72 Å². The van der Waals surface area contributed by atoms with Gasteiger partial charge in [-0.15, -0.1) is 12.3 Å². The zero-order chi connectivity index (χ0) is 11.5. The van der Waals surface area contributed by atoms with Crippen LogP contribution in [0.1, 0.15) is 19.3 Å². The summed E-state index contributed by atoms with van der Waals surface area (Å²) in [6.07, 6.45) is 6.32. The Kier molecular flexibility index (Phi) is 3.68. The molecule has 0 radical (unpaired) electrons. The monoisotopic (exact) mass is 232 g/mol. The van der Waals surface area contributed by atoms with Gasteiger partial charge in [-0.25, -0.2) is 0 Å². The minimum Gasteiger partial charge on any atom is -0.480 e. The van der Waals surface area contributed by atoms with Crippen molar-refractivity contribution in [3.63, 3.8) is 0 Å². The van der Waals surface area contributed by atoms with Crippen LogP contribution in [0, 0.1) is 12.3 Å².